The zero-order valence-corrected chi connectivity index (χ0v) is 19.7. The van der Waals surface area contributed by atoms with E-state index >= 15 is 0 Å². The molecule has 0 saturated heterocycles. The third kappa shape index (κ3) is 5.11. The Morgan fingerprint density at radius 1 is 1.03 bits per heavy atom. The zero-order chi connectivity index (χ0) is 24.2. The van der Waals surface area contributed by atoms with Crippen LogP contribution in [0.3, 0.4) is 0 Å². The lowest BCUT2D eigenvalue weighted by Gasteiger charge is -2.19. The standard InChI is InChI=1S/C26H27N5O3/c1-16-12-17(2)14-21(13-16)30-25(33)24(20-8-6-5-7-9-20)34-23(32)11-10-22-18(3)29-26-27-15-28-31(26)19(22)4/h5-9,12-15,24H,10-11H2,1-4H3,(H,30,33). The van der Waals surface area contributed by atoms with Gasteiger partial charge in [-0.1, -0.05) is 36.4 Å². The summed E-state index contributed by atoms with van der Waals surface area (Å²) < 4.78 is 7.35. The molecule has 8 nitrogen and oxygen atoms in total. The average molecular weight is 458 g/mol. The van der Waals surface area contributed by atoms with Crippen LogP contribution in [0, 0.1) is 27.7 Å². The number of amides is 1. The summed E-state index contributed by atoms with van der Waals surface area (Å²) in [6.07, 6.45) is 0.905. The van der Waals surface area contributed by atoms with Crippen LogP contribution >= 0.6 is 0 Å². The van der Waals surface area contributed by atoms with Gasteiger partial charge >= 0.3 is 5.97 Å². The van der Waals surface area contributed by atoms with Gasteiger partial charge < -0.3 is 10.1 Å². The molecule has 0 aliphatic heterocycles. The number of anilines is 1. The summed E-state index contributed by atoms with van der Waals surface area (Å²) >= 11 is 0. The fourth-order valence-corrected chi connectivity index (χ4v) is 4.09. The first kappa shape index (κ1) is 23.1. The van der Waals surface area contributed by atoms with Gasteiger partial charge in [-0.2, -0.15) is 10.1 Å². The van der Waals surface area contributed by atoms with Crippen LogP contribution in [0.4, 0.5) is 5.69 Å². The predicted octanol–water partition coefficient (Wildman–Crippen LogP) is 4.21. The molecular weight excluding hydrogens is 430 g/mol. The zero-order valence-electron chi connectivity index (χ0n) is 19.7. The SMILES string of the molecule is Cc1cc(C)cc(NC(=O)C(OC(=O)CCc2c(C)nc3ncnn3c2C)c2ccccc2)c1. The molecule has 0 radical (unpaired) electrons. The molecule has 1 unspecified atom stereocenters. The number of benzene rings is 2. The number of hydrogen-bond acceptors (Lipinski definition) is 6. The normalized spacial score (nSPS) is 11.9. The highest BCUT2D eigenvalue weighted by molar-refractivity contribution is 5.96. The fourth-order valence-electron chi connectivity index (χ4n) is 4.09. The van der Waals surface area contributed by atoms with Crippen molar-refractivity contribution in [3.63, 3.8) is 0 Å². The van der Waals surface area contributed by atoms with Crippen molar-refractivity contribution in [1.29, 1.82) is 0 Å². The minimum Gasteiger partial charge on any atom is -0.447 e. The van der Waals surface area contributed by atoms with E-state index < -0.39 is 18.0 Å². The molecule has 1 atom stereocenters. The van der Waals surface area contributed by atoms with Crippen LogP contribution in [-0.4, -0.2) is 31.5 Å². The largest absolute Gasteiger partial charge is 0.447 e. The van der Waals surface area contributed by atoms with E-state index in [0.717, 1.165) is 28.1 Å². The van der Waals surface area contributed by atoms with E-state index in [9.17, 15) is 9.59 Å². The number of rotatable bonds is 7. The molecule has 0 fully saturated rings. The van der Waals surface area contributed by atoms with Gasteiger partial charge in [0.25, 0.3) is 11.7 Å². The van der Waals surface area contributed by atoms with Gasteiger partial charge in [-0.15, -0.1) is 0 Å². The molecule has 2 aromatic heterocycles. The molecule has 2 heterocycles. The number of esters is 1. The maximum atomic E-state index is 13.2. The second kappa shape index (κ2) is 9.82. The molecular formula is C26H27N5O3. The van der Waals surface area contributed by atoms with Crippen molar-refractivity contribution in [3.8, 4) is 0 Å². The number of carbonyl (C=O) groups excluding carboxylic acids is 2. The number of nitrogens with one attached hydrogen (secondary N) is 1. The number of carbonyl (C=O) groups is 2. The van der Waals surface area contributed by atoms with E-state index in [1.807, 2.05) is 64.1 Å². The Hall–Kier alpha value is -4.07. The molecule has 8 heteroatoms. The number of aryl methyl sites for hydroxylation is 4. The molecule has 0 aliphatic carbocycles. The van der Waals surface area contributed by atoms with E-state index in [4.69, 9.17) is 4.74 Å². The van der Waals surface area contributed by atoms with Crippen LogP contribution in [0.15, 0.2) is 54.9 Å². The average Bonchev–Trinajstić information content (AvgIpc) is 3.25. The van der Waals surface area contributed by atoms with Gasteiger partial charge in [0.05, 0.1) is 0 Å². The molecule has 0 spiro atoms. The Bertz CT molecular complexity index is 1330. The van der Waals surface area contributed by atoms with Crippen LogP contribution < -0.4 is 5.32 Å². The van der Waals surface area contributed by atoms with Crippen molar-refractivity contribution in [1.82, 2.24) is 19.6 Å². The van der Waals surface area contributed by atoms with E-state index in [1.165, 1.54) is 6.33 Å². The van der Waals surface area contributed by atoms with Crippen molar-refractivity contribution in [2.75, 3.05) is 5.32 Å². The van der Waals surface area contributed by atoms with E-state index in [0.29, 0.717) is 23.4 Å². The number of fused-ring (bicyclic) bond motifs is 1. The smallest absolute Gasteiger partial charge is 0.307 e. The highest BCUT2D eigenvalue weighted by atomic mass is 16.5. The Morgan fingerprint density at radius 3 is 2.44 bits per heavy atom. The Labute approximate surface area is 198 Å². The van der Waals surface area contributed by atoms with Gasteiger partial charge in [0.1, 0.15) is 6.33 Å². The lowest BCUT2D eigenvalue weighted by Crippen LogP contribution is -2.26. The minimum atomic E-state index is -1.06. The third-order valence-corrected chi connectivity index (χ3v) is 5.65. The molecule has 0 bridgehead atoms. The van der Waals surface area contributed by atoms with Crippen LogP contribution in [0.5, 0.6) is 0 Å². The predicted molar refractivity (Wildman–Crippen MR) is 128 cm³/mol. The first-order chi connectivity index (χ1) is 16.3. The number of ether oxygens (including phenoxy) is 1. The summed E-state index contributed by atoms with van der Waals surface area (Å²) in [5, 5.41) is 7.08. The first-order valence-electron chi connectivity index (χ1n) is 11.1. The Balaban J connectivity index is 1.50. The van der Waals surface area contributed by atoms with Crippen molar-refractivity contribution >= 4 is 23.3 Å². The van der Waals surface area contributed by atoms with Gasteiger partial charge in [-0.25, -0.2) is 9.50 Å². The second-order valence-corrected chi connectivity index (χ2v) is 8.38. The fraction of sp³-hybridized carbons (Fsp3) is 0.269. The van der Waals surface area contributed by atoms with Gasteiger partial charge in [0.2, 0.25) is 6.10 Å². The molecule has 34 heavy (non-hydrogen) atoms. The van der Waals surface area contributed by atoms with Gasteiger partial charge in [-0.3, -0.25) is 9.59 Å². The summed E-state index contributed by atoms with van der Waals surface area (Å²) in [5.74, 6) is -0.349. The van der Waals surface area contributed by atoms with Gasteiger partial charge in [0, 0.05) is 29.1 Å². The van der Waals surface area contributed by atoms with Gasteiger partial charge in [0.15, 0.2) is 0 Å². The summed E-state index contributed by atoms with van der Waals surface area (Å²) in [4.78, 5) is 34.6. The first-order valence-corrected chi connectivity index (χ1v) is 11.1. The van der Waals surface area contributed by atoms with Crippen molar-refractivity contribution in [3.05, 3.63) is 88.5 Å². The van der Waals surface area contributed by atoms with Crippen LogP contribution in [-0.2, 0) is 20.7 Å². The molecule has 2 aromatic carbocycles. The highest BCUT2D eigenvalue weighted by Gasteiger charge is 2.25. The number of hydrogen-bond donors (Lipinski definition) is 1. The van der Waals surface area contributed by atoms with E-state index in [1.54, 1.807) is 16.6 Å². The Morgan fingerprint density at radius 2 is 1.74 bits per heavy atom. The summed E-state index contributed by atoms with van der Waals surface area (Å²) in [5.41, 5.74) is 5.91. The highest BCUT2D eigenvalue weighted by Crippen LogP contribution is 2.23. The lowest BCUT2D eigenvalue weighted by atomic mass is 10.1. The molecule has 1 amide bonds. The van der Waals surface area contributed by atoms with Crippen molar-refractivity contribution < 1.29 is 14.3 Å². The van der Waals surface area contributed by atoms with E-state index in [-0.39, 0.29) is 6.42 Å². The number of aromatic nitrogens is 4. The second-order valence-electron chi connectivity index (χ2n) is 8.38. The summed E-state index contributed by atoms with van der Waals surface area (Å²) in [6.45, 7) is 7.73. The topological polar surface area (TPSA) is 98.5 Å². The molecule has 0 aliphatic rings. The van der Waals surface area contributed by atoms with E-state index in [2.05, 4.69) is 20.4 Å². The monoisotopic (exact) mass is 457 g/mol. The molecule has 1 N–H and O–H groups in total. The summed E-state index contributed by atoms with van der Waals surface area (Å²) in [6, 6.07) is 14.8. The molecule has 0 saturated carbocycles. The summed E-state index contributed by atoms with van der Waals surface area (Å²) in [7, 11) is 0. The van der Waals surface area contributed by atoms with Crippen molar-refractivity contribution in [2.45, 2.75) is 46.6 Å². The molecule has 4 rings (SSSR count). The molecule has 174 valence electrons. The van der Waals surface area contributed by atoms with Crippen LogP contribution in [0.1, 0.15) is 46.2 Å². The third-order valence-electron chi connectivity index (χ3n) is 5.65. The van der Waals surface area contributed by atoms with Gasteiger partial charge in [-0.05, 0) is 62.9 Å². The Kier molecular flexibility index (Phi) is 6.67. The van der Waals surface area contributed by atoms with Crippen LogP contribution in [0.2, 0.25) is 0 Å². The quantitative estimate of drug-likeness (QED) is 0.418. The maximum absolute atomic E-state index is 13.2. The van der Waals surface area contributed by atoms with Crippen LogP contribution in [0.25, 0.3) is 5.78 Å². The van der Waals surface area contributed by atoms with Crippen molar-refractivity contribution in [2.24, 2.45) is 0 Å². The maximum Gasteiger partial charge on any atom is 0.307 e. The minimum absolute atomic E-state index is 0.101. The molecule has 4 aromatic rings. The lowest BCUT2D eigenvalue weighted by molar-refractivity contribution is -0.154. The number of nitrogens with zero attached hydrogens (tertiary/aromatic N) is 4.